The summed E-state index contributed by atoms with van der Waals surface area (Å²) in [5.41, 5.74) is 7.88. The lowest BCUT2D eigenvalue weighted by Crippen LogP contribution is -2.40. The molecule has 4 N–H and O–H groups in total. The minimum Gasteiger partial charge on any atom is -0.346 e. The molecule has 0 atom stereocenters. The third kappa shape index (κ3) is 7.66. The van der Waals surface area contributed by atoms with Gasteiger partial charge >= 0.3 is 0 Å². The van der Waals surface area contributed by atoms with E-state index in [2.05, 4.69) is 15.5 Å². The summed E-state index contributed by atoms with van der Waals surface area (Å²) in [5.74, 6) is -0.731. The number of nitrogens with two attached hydrogens (primary N) is 1. The summed E-state index contributed by atoms with van der Waals surface area (Å²) in [6.07, 6.45) is 3.68. The van der Waals surface area contributed by atoms with Crippen molar-refractivity contribution in [3.63, 3.8) is 0 Å². The van der Waals surface area contributed by atoms with Crippen molar-refractivity contribution in [1.82, 2.24) is 20.4 Å². The van der Waals surface area contributed by atoms with E-state index in [1.165, 1.54) is 12.1 Å². The lowest BCUT2D eigenvalue weighted by molar-refractivity contribution is -0.131. The largest absolute Gasteiger partial charge is 0.346 e. The number of H-pyrrole nitrogens is 1. The molecule has 2 rings (SSSR count). The highest BCUT2D eigenvalue weighted by molar-refractivity contribution is 5.85. The van der Waals surface area contributed by atoms with Gasteiger partial charge in [-0.2, -0.15) is 5.10 Å². The Kier molecular flexibility index (Phi) is 10.2. The van der Waals surface area contributed by atoms with Crippen molar-refractivity contribution < 1.29 is 14.0 Å². The summed E-state index contributed by atoms with van der Waals surface area (Å²) in [6, 6.07) is 8.23. The first kappa shape index (κ1) is 23.6. The zero-order valence-electron chi connectivity index (χ0n) is 15.9. The molecule has 2 amide bonds. The van der Waals surface area contributed by atoms with Gasteiger partial charge in [-0.15, -0.1) is 12.4 Å². The van der Waals surface area contributed by atoms with Crippen molar-refractivity contribution in [3.05, 3.63) is 41.8 Å². The van der Waals surface area contributed by atoms with E-state index in [0.29, 0.717) is 6.54 Å². The lowest BCUT2D eigenvalue weighted by Gasteiger charge is -2.17. The molecule has 7 nitrogen and oxygen atoms in total. The molecule has 0 aliphatic heterocycles. The Hall–Kier alpha value is -2.45. The zero-order valence-corrected chi connectivity index (χ0v) is 16.7. The fourth-order valence-corrected chi connectivity index (χ4v) is 2.61. The van der Waals surface area contributed by atoms with E-state index in [9.17, 15) is 14.0 Å². The summed E-state index contributed by atoms with van der Waals surface area (Å²) in [5, 5.41) is 9.74. The zero-order chi connectivity index (χ0) is 19.6. The van der Waals surface area contributed by atoms with Crippen molar-refractivity contribution >= 4 is 24.2 Å². The first-order chi connectivity index (χ1) is 13.0. The number of unbranched alkanes of at least 4 members (excludes halogenated alkanes) is 2. The van der Waals surface area contributed by atoms with E-state index in [-0.39, 0.29) is 43.1 Å². The number of aryl methyl sites for hydroxylation is 1. The second-order valence-corrected chi connectivity index (χ2v) is 6.39. The Morgan fingerprint density at radius 1 is 1.21 bits per heavy atom. The molecule has 0 radical (unpaired) electrons. The molecule has 0 saturated heterocycles. The van der Waals surface area contributed by atoms with Crippen LogP contribution in [0.2, 0.25) is 0 Å². The Bertz CT molecular complexity index is 751. The molecule has 1 aromatic carbocycles. The molecule has 0 spiro atoms. The van der Waals surface area contributed by atoms with Crippen LogP contribution in [-0.2, 0) is 16.0 Å². The fourth-order valence-electron chi connectivity index (χ4n) is 2.61. The number of benzene rings is 1. The van der Waals surface area contributed by atoms with E-state index in [0.717, 1.165) is 42.6 Å². The molecule has 0 saturated carbocycles. The maximum Gasteiger partial charge on any atom is 0.241 e. The maximum absolute atomic E-state index is 13.0. The van der Waals surface area contributed by atoms with Gasteiger partial charge in [0.05, 0.1) is 18.8 Å². The fraction of sp³-hybridized carbons (Fsp3) is 0.421. The summed E-state index contributed by atoms with van der Waals surface area (Å²) >= 11 is 0. The number of amides is 2. The number of nitrogens with one attached hydrogen (secondary N) is 2. The Labute approximate surface area is 170 Å². The van der Waals surface area contributed by atoms with E-state index >= 15 is 0 Å². The van der Waals surface area contributed by atoms with Crippen molar-refractivity contribution in [2.24, 2.45) is 5.73 Å². The van der Waals surface area contributed by atoms with Gasteiger partial charge in [0.25, 0.3) is 0 Å². The SMILES string of the molecule is CN(CCCCCc1cc(-c2ccc(F)cc2)n[nH]1)C(=O)CNC(=O)CN.Cl. The minimum absolute atomic E-state index is 0. The molecule has 1 heterocycles. The Morgan fingerprint density at radius 3 is 2.61 bits per heavy atom. The topological polar surface area (TPSA) is 104 Å². The summed E-state index contributed by atoms with van der Waals surface area (Å²) in [7, 11) is 1.72. The predicted molar refractivity (Wildman–Crippen MR) is 108 cm³/mol. The molecule has 0 unspecified atom stereocenters. The highest BCUT2D eigenvalue weighted by Gasteiger charge is 2.09. The average Bonchev–Trinajstić information content (AvgIpc) is 3.14. The molecule has 28 heavy (non-hydrogen) atoms. The Morgan fingerprint density at radius 2 is 1.93 bits per heavy atom. The first-order valence-electron chi connectivity index (χ1n) is 9.00. The number of hydrogen-bond acceptors (Lipinski definition) is 4. The normalized spacial score (nSPS) is 10.2. The Balaban J connectivity index is 0.00000392. The lowest BCUT2D eigenvalue weighted by atomic mass is 10.1. The number of aromatic amines is 1. The van der Waals surface area contributed by atoms with Crippen LogP contribution in [-0.4, -0.2) is 53.6 Å². The quantitative estimate of drug-likeness (QED) is 0.519. The number of halogens is 2. The second kappa shape index (κ2) is 12.1. The van der Waals surface area contributed by atoms with Crippen molar-refractivity contribution in [2.45, 2.75) is 25.7 Å². The van der Waals surface area contributed by atoms with E-state index < -0.39 is 0 Å². The summed E-state index contributed by atoms with van der Waals surface area (Å²) in [6.45, 7) is 0.501. The number of nitrogens with zero attached hydrogens (tertiary/aromatic N) is 2. The number of hydrogen-bond donors (Lipinski definition) is 3. The molecule has 9 heteroatoms. The van der Waals surface area contributed by atoms with Gasteiger partial charge in [0.15, 0.2) is 0 Å². The molecule has 1 aromatic heterocycles. The van der Waals surface area contributed by atoms with Crippen LogP contribution in [0.25, 0.3) is 11.3 Å². The van der Waals surface area contributed by atoms with Crippen LogP contribution >= 0.6 is 12.4 Å². The van der Waals surface area contributed by atoms with Crippen molar-refractivity contribution in [1.29, 1.82) is 0 Å². The van der Waals surface area contributed by atoms with Crippen LogP contribution in [0.4, 0.5) is 4.39 Å². The van der Waals surface area contributed by atoms with Crippen LogP contribution in [0, 0.1) is 5.82 Å². The van der Waals surface area contributed by atoms with Crippen molar-refractivity contribution in [3.8, 4) is 11.3 Å². The van der Waals surface area contributed by atoms with Gasteiger partial charge in [-0.25, -0.2) is 4.39 Å². The highest BCUT2D eigenvalue weighted by Crippen LogP contribution is 2.18. The molecule has 0 aliphatic carbocycles. The van der Waals surface area contributed by atoms with Crippen LogP contribution in [0.3, 0.4) is 0 Å². The maximum atomic E-state index is 13.0. The predicted octanol–water partition coefficient (Wildman–Crippen LogP) is 1.88. The molecule has 0 fully saturated rings. The molecular weight excluding hydrogens is 385 g/mol. The second-order valence-electron chi connectivity index (χ2n) is 6.39. The van der Waals surface area contributed by atoms with Gasteiger partial charge in [-0.05, 0) is 49.6 Å². The van der Waals surface area contributed by atoms with Gasteiger partial charge in [0, 0.05) is 24.8 Å². The molecule has 0 aliphatic rings. The molecule has 0 bridgehead atoms. The summed E-state index contributed by atoms with van der Waals surface area (Å²) in [4.78, 5) is 24.5. The van der Waals surface area contributed by atoms with Crippen LogP contribution < -0.4 is 11.1 Å². The molecular formula is C19H27ClFN5O2. The van der Waals surface area contributed by atoms with Gasteiger partial charge < -0.3 is 16.0 Å². The van der Waals surface area contributed by atoms with Crippen LogP contribution in [0.15, 0.2) is 30.3 Å². The minimum atomic E-state index is -0.337. The van der Waals surface area contributed by atoms with Gasteiger partial charge in [-0.3, -0.25) is 14.7 Å². The smallest absolute Gasteiger partial charge is 0.241 e. The van der Waals surface area contributed by atoms with Crippen LogP contribution in [0.1, 0.15) is 25.0 Å². The third-order valence-corrected chi connectivity index (χ3v) is 4.26. The third-order valence-electron chi connectivity index (χ3n) is 4.26. The summed E-state index contributed by atoms with van der Waals surface area (Å²) < 4.78 is 13.0. The van der Waals surface area contributed by atoms with Crippen molar-refractivity contribution in [2.75, 3.05) is 26.7 Å². The van der Waals surface area contributed by atoms with Crippen LogP contribution in [0.5, 0.6) is 0 Å². The van der Waals surface area contributed by atoms with Gasteiger partial charge in [0.1, 0.15) is 5.82 Å². The van der Waals surface area contributed by atoms with E-state index in [1.807, 2.05) is 6.07 Å². The number of carbonyl (C=O) groups excluding carboxylic acids is 2. The first-order valence-corrected chi connectivity index (χ1v) is 9.00. The monoisotopic (exact) mass is 411 g/mol. The average molecular weight is 412 g/mol. The number of rotatable bonds is 10. The number of carbonyl (C=O) groups is 2. The van der Waals surface area contributed by atoms with E-state index in [1.54, 1.807) is 24.1 Å². The standard InChI is InChI=1S/C19H26FN5O2.ClH/c1-25(19(27)13-22-18(26)12-21)10-4-2-3-5-16-11-17(24-23-16)14-6-8-15(20)9-7-14;/h6-9,11H,2-5,10,12-13,21H2,1H3,(H,22,26)(H,23,24);1H. The van der Waals surface area contributed by atoms with E-state index in [4.69, 9.17) is 5.73 Å². The molecule has 154 valence electrons. The highest BCUT2D eigenvalue weighted by atomic mass is 35.5. The van der Waals surface area contributed by atoms with Gasteiger partial charge in [0.2, 0.25) is 11.8 Å². The van der Waals surface area contributed by atoms with Gasteiger partial charge in [-0.1, -0.05) is 6.42 Å². The molecule has 2 aromatic rings. The number of aromatic nitrogens is 2. The number of likely N-dealkylation sites (N-methyl/N-ethyl adjacent to an activating group) is 1.